The second-order valence-corrected chi connectivity index (χ2v) is 4.51. The van der Waals surface area contributed by atoms with E-state index in [1.807, 2.05) is 6.92 Å². The zero-order valence-corrected chi connectivity index (χ0v) is 9.95. The molecule has 0 spiro atoms. The Labute approximate surface area is 101 Å². The van der Waals surface area contributed by atoms with Crippen molar-refractivity contribution < 1.29 is 14.2 Å². The lowest BCUT2D eigenvalue weighted by Gasteiger charge is -2.27. The highest BCUT2D eigenvalue weighted by atomic mass is 19.1. The van der Waals surface area contributed by atoms with Gasteiger partial charge in [0.05, 0.1) is 6.61 Å². The maximum Gasteiger partial charge on any atom is 0.126 e. The number of phenolic OH excluding ortho intramolecular Hbond substituents is 1. The highest BCUT2D eigenvalue weighted by Crippen LogP contribution is 2.25. The smallest absolute Gasteiger partial charge is 0.126 e. The highest BCUT2D eigenvalue weighted by Gasteiger charge is 2.18. The van der Waals surface area contributed by atoms with Crippen LogP contribution in [0, 0.1) is 5.82 Å². The summed E-state index contributed by atoms with van der Waals surface area (Å²) in [4.78, 5) is 0. The average molecular weight is 239 g/mol. The highest BCUT2D eigenvalue weighted by molar-refractivity contribution is 5.34. The van der Waals surface area contributed by atoms with Gasteiger partial charge in [0, 0.05) is 30.3 Å². The van der Waals surface area contributed by atoms with Crippen molar-refractivity contribution in [3.05, 3.63) is 29.6 Å². The molecule has 3 nitrogen and oxygen atoms in total. The second kappa shape index (κ2) is 5.47. The third-order valence-electron chi connectivity index (χ3n) is 3.10. The molecule has 17 heavy (non-hydrogen) atoms. The Morgan fingerprint density at radius 3 is 3.00 bits per heavy atom. The van der Waals surface area contributed by atoms with Crippen LogP contribution in [0.3, 0.4) is 0 Å². The van der Waals surface area contributed by atoms with E-state index in [1.165, 1.54) is 6.07 Å². The number of benzene rings is 1. The molecule has 1 aliphatic heterocycles. The number of hydrogen-bond acceptors (Lipinski definition) is 3. The zero-order chi connectivity index (χ0) is 12.3. The quantitative estimate of drug-likeness (QED) is 0.850. The van der Waals surface area contributed by atoms with Gasteiger partial charge in [0.1, 0.15) is 11.6 Å². The molecule has 0 aromatic heterocycles. The zero-order valence-electron chi connectivity index (χ0n) is 9.95. The van der Waals surface area contributed by atoms with E-state index in [0.717, 1.165) is 31.1 Å². The van der Waals surface area contributed by atoms with Gasteiger partial charge in [-0.15, -0.1) is 0 Å². The molecule has 1 fully saturated rings. The van der Waals surface area contributed by atoms with Crippen molar-refractivity contribution >= 4 is 0 Å². The Kier molecular flexibility index (Phi) is 3.97. The van der Waals surface area contributed by atoms with Gasteiger partial charge in [-0.2, -0.15) is 0 Å². The van der Waals surface area contributed by atoms with Crippen molar-refractivity contribution in [2.24, 2.45) is 0 Å². The van der Waals surface area contributed by atoms with Gasteiger partial charge < -0.3 is 15.2 Å². The maximum atomic E-state index is 12.9. The molecule has 1 heterocycles. The Balaban J connectivity index is 2.00. The molecule has 0 aliphatic carbocycles. The number of phenols is 1. The average Bonchev–Trinajstić information content (AvgIpc) is 2.30. The van der Waals surface area contributed by atoms with Gasteiger partial charge >= 0.3 is 0 Å². The van der Waals surface area contributed by atoms with Crippen LogP contribution < -0.4 is 5.32 Å². The van der Waals surface area contributed by atoms with Crippen LogP contribution in [-0.2, 0) is 4.74 Å². The van der Waals surface area contributed by atoms with Crippen LogP contribution in [0.2, 0.25) is 0 Å². The van der Waals surface area contributed by atoms with Crippen molar-refractivity contribution in [1.82, 2.24) is 5.32 Å². The van der Waals surface area contributed by atoms with Crippen LogP contribution >= 0.6 is 0 Å². The van der Waals surface area contributed by atoms with Crippen LogP contribution in [0.15, 0.2) is 18.2 Å². The SMILES string of the molecule is CC(NC1CCCOC1)c1ccc(F)cc1O. The fraction of sp³-hybridized carbons (Fsp3) is 0.538. The lowest BCUT2D eigenvalue weighted by molar-refractivity contribution is 0.0670. The van der Waals surface area contributed by atoms with Crippen molar-refractivity contribution in [3.63, 3.8) is 0 Å². The Morgan fingerprint density at radius 2 is 2.35 bits per heavy atom. The van der Waals surface area contributed by atoms with E-state index in [0.29, 0.717) is 12.6 Å². The lowest BCUT2D eigenvalue weighted by atomic mass is 10.0. The molecule has 2 rings (SSSR count). The fourth-order valence-corrected chi connectivity index (χ4v) is 2.20. The minimum atomic E-state index is -0.417. The summed E-state index contributed by atoms with van der Waals surface area (Å²) in [5, 5.41) is 13.1. The summed E-state index contributed by atoms with van der Waals surface area (Å²) in [7, 11) is 0. The largest absolute Gasteiger partial charge is 0.508 e. The number of hydrogen-bond donors (Lipinski definition) is 2. The first-order valence-corrected chi connectivity index (χ1v) is 5.99. The molecule has 0 saturated carbocycles. The van der Waals surface area contributed by atoms with Crippen LogP contribution in [0.1, 0.15) is 31.4 Å². The summed E-state index contributed by atoms with van der Waals surface area (Å²) in [6, 6.07) is 4.42. The molecule has 1 aromatic carbocycles. The minimum Gasteiger partial charge on any atom is -0.508 e. The molecule has 1 saturated heterocycles. The van der Waals surface area contributed by atoms with E-state index in [2.05, 4.69) is 5.32 Å². The number of halogens is 1. The number of aromatic hydroxyl groups is 1. The standard InChI is InChI=1S/C13H18FNO2/c1-9(15-11-3-2-6-17-8-11)12-5-4-10(14)7-13(12)16/h4-5,7,9,11,15-16H,2-3,6,8H2,1H3. The van der Waals surface area contributed by atoms with Crippen molar-refractivity contribution in [2.45, 2.75) is 31.8 Å². The van der Waals surface area contributed by atoms with Gasteiger partial charge in [0.15, 0.2) is 0 Å². The first-order valence-electron chi connectivity index (χ1n) is 5.99. The predicted molar refractivity (Wildman–Crippen MR) is 63.5 cm³/mol. The third-order valence-corrected chi connectivity index (χ3v) is 3.10. The summed E-state index contributed by atoms with van der Waals surface area (Å²) in [5.74, 6) is -0.416. The molecule has 2 N–H and O–H groups in total. The van der Waals surface area contributed by atoms with Gasteiger partial charge in [-0.3, -0.25) is 0 Å². The van der Waals surface area contributed by atoms with Crippen molar-refractivity contribution in [3.8, 4) is 5.75 Å². The second-order valence-electron chi connectivity index (χ2n) is 4.51. The van der Waals surface area contributed by atoms with Crippen molar-refractivity contribution in [2.75, 3.05) is 13.2 Å². The summed E-state index contributed by atoms with van der Waals surface area (Å²) >= 11 is 0. The molecule has 94 valence electrons. The first-order chi connectivity index (χ1) is 8.16. The van der Waals surface area contributed by atoms with Gasteiger partial charge in [-0.25, -0.2) is 4.39 Å². The molecule has 0 radical (unpaired) electrons. The molecule has 2 atom stereocenters. The molecule has 4 heteroatoms. The normalized spacial score (nSPS) is 22.4. The van der Waals surface area contributed by atoms with E-state index >= 15 is 0 Å². The Bertz CT molecular complexity index is 378. The summed E-state index contributed by atoms with van der Waals surface area (Å²) in [6.45, 7) is 3.49. The maximum absolute atomic E-state index is 12.9. The van der Waals surface area contributed by atoms with Gasteiger partial charge in [-0.1, -0.05) is 6.07 Å². The fourth-order valence-electron chi connectivity index (χ4n) is 2.20. The topological polar surface area (TPSA) is 41.5 Å². The molecule has 1 aromatic rings. The number of rotatable bonds is 3. The van der Waals surface area contributed by atoms with E-state index in [9.17, 15) is 9.50 Å². The molecule has 1 aliphatic rings. The van der Waals surface area contributed by atoms with Crippen LogP contribution in [-0.4, -0.2) is 24.4 Å². The molecule has 0 amide bonds. The third kappa shape index (κ3) is 3.17. The van der Waals surface area contributed by atoms with Gasteiger partial charge in [0.2, 0.25) is 0 Å². The Hall–Kier alpha value is -1.13. The van der Waals surface area contributed by atoms with Crippen molar-refractivity contribution in [1.29, 1.82) is 0 Å². The van der Waals surface area contributed by atoms with E-state index in [-0.39, 0.29) is 11.8 Å². The van der Waals surface area contributed by atoms with E-state index < -0.39 is 5.82 Å². The lowest BCUT2D eigenvalue weighted by Crippen LogP contribution is -2.38. The summed E-state index contributed by atoms with van der Waals surface area (Å²) < 4.78 is 18.3. The molecular formula is C13H18FNO2. The molecular weight excluding hydrogens is 221 g/mol. The van der Waals surface area contributed by atoms with Gasteiger partial charge in [-0.05, 0) is 25.8 Å². The molecule has 2 unspecified atom stereocenters. The Morgan fingerprint density at radius 1 is 1.53 bits per heavy atom. The van der Waals surface area contributed by atoms with Crippen LogP contribution in [0.25, 0.3) is 0 Å². The van der Waals surface area contributed by atoms with E-state index in [1.54, 1.807) is 6.07 Å². The van der Waals surface area contributed by atoms with Crippen LogP contribution in [0.5, 0.6) is 5.75 Å². The van der Waals surface area contributed by atoms with Crippen LogP contribution in [0.4, 0.5) is 4.39 Å². The summed E-state index contributed by atoms with van der Waals surface area (Å²) in [6.07, 6.45) is 2.13. The van der Waals surface area contributed by atoms with E-state index in [4.69, 9.17) is 4.74 Å². The molecule has 0 bridgehead atoms. The minimum absolute atomic E-state index is 0.00160. The summed E-state index contributed by atoms with van der Waals surface area (Å²) in [5.41, 5.74) is 0.719. The monoisotopic (exact) mass is 239 g/mol. The number of ether oxygens (including phenoxy) is 1. The first kappa shape index (κ1) is 12.3. The number of nitrogens with one attached hydrogen (secondary N) is 1. The predicted octanol–water partition coefficient (Wildman–Crippen LogP) is 2.36. The van der Waals surface area contributed by atoms with Gasteiger partial charge in [0.25, 0.3) is 0 Å².